The summed E-state index contributed by atoms with van der Waals surface area (Å²) in [7, 11) is 0. The molecule has 0 bridgehead atoms. The summed E-state index contributed by atoms with van der Waals surface area (Å²) in [6.07, 6.45) is 0.0446. The number of ether oxygens (including phenoxy) is 1. The van der Waals surface area contributed by atoms with Gasteiger partial charge in [0, 0.05) is 16.6 Å². The molecule has 2 rings (SSSR count). The van der Waals surface area contributed by atoms with E-state index in [4.69, 9.17) is 27.9 Å². The van der Waals surface area contributed by atoms with Crippen molar-refractivity contribution in [2.45, 2.75) is 26.0 Å². The molecule has 5 heteroatoms. The monoisotopic (exact) mass is 337 g/mol. The maximum Gasteiger partial charge on any atom is 0.261 e. The van der Waals surface area contributed by atoms with Gasteiger partial charge < -0.3 is 10.1 Å². The van der Waals surface area contributed by atoms with Crippen LogP contribution in [-0.2, 0) is 11.3 Å². The van der Waals surface area contributed by atoms with E-state index in [9.17, 15) is 4.79 Å². The quantitative estimate of drug-likeness (QED) is 0.844. The van der Waals surface area contributed by atoms with E-state index in [2.05, 4.69) is 5.32 Å². The molecule has 2 aromatic rings. The number of para-hydroxylation sites is 1. The molecule has 2 aromatic carbocycles. The van der Waals surface area contributed by atoms with Gasteiger partial charge in [-0.3, -0.25) is 4.79 Å². The number of nitrogens with one attached hydrogen (secondary N) is 1. The fourth-order valence-corrected chi connectivity index (χ4v) is 2.42. The highest BCUT2D eigenvalue weighted by Gasteiger charge is 2.18. The fourth-order valence-electron chi connectivity index (χ4n) is 1.95. The first-order chi connectivity index (χ1) is 10.6. The van der Waals surface area contributed by atoms with E-state index >= 15 is 0 Å². The number of hydrogen-bond acceptors (Lipinski definition) is 2. The van der Waals surface area contributed by atoms with Gasteiger partial charge >= 0.3 is 0 Å². The summed E-state index contributed by atoms with van der Waals surface area (Å²) in [5, 5.41) is 3.94. The molecular formula is C17H17Cl2NO2. The van der Waals surface area contributed by atoms with E-state index in [-0.39, 0.29) is 5.91 Å². The Morgan fingerprint density at radius 2 is 1.91 bits per heavy atom. The molecule has 0 fully saturated rings. The summed E-state index contributed by atoms with van der Waals surface area (Å²) in [4.78, 5) is 12.2. The van der Waals surface area contributed by atoms with Gasteiger partial charge in [-0.05, 0) is 36.2 Å². The highest BCUT2D eigenvalue weighted by molar-refractivity contribution is 6.35. The van der Waals surface area contributed by atoms with E-state index in [0.29, 0.717) is 28.8 Å². The van der Waals surface area contributed by atoms with Crippen LogP contribution in [0.1, 0.15) is 18.9 Å². The minimum Gasteiger partial charge on any atom is -0.481 e. The lowest BCUT2D eigenvalue weighted by molar-refractivity contribution is -0.128. The van der Waals surface area contributed by atoms with Gasteiger partial charge in [-0.2, -0.15) is 0 Å². The zero-order valence-electron chi connectivity index (χ0n) is 12.2. The third kappa shape index (κ3) is 4.65. The van der Waals surface area contributed by atoms with Crippen LogP contribution >= 0.6 is 23.2 Å². The zero-order chi connectivity index (χ0) is 15.9. The highest BCUT2D eigenvalue weighted by Crippen LogP contribution is 2.21. The molecule has 1 unspecified atom stereocenters. The average Bonchev–Trinajstić information content (AvgIpc) is 2.52. The standard InChI is InChI=1S/C17H17Cl2NO2/c1-2-16(22-14-6-4-3-5-7-14)17(21)20-11-12-8-9-13(18)10-15(12)19/h3-10,16H,2,11H2,1H3,(H,20,21). The van der Waals surface area contributed by atoms with Crippen molar-refractivity contribution in [2.24, 2.45) is 0 Å². The Hall–Kier alpha value is -1.71. The van der Waals surface area contributed by atoms with Gasteiger partial charge in [-0.15, -0.1) is 0 Å². The Balaban J connectivity index is 1.94. The van der Waals surface area contributed by atoms with Gasteiger partial charge in [-0.25, -0.2) is 0 Å². The number of benzene rings is 2. The third-order valence-corrected chi connectivity index (χ3v) is 3.74. The summed E-state index contributed by atoms with van der Waals surface area (Å²) in [6, 6.07) is 14.5. The number of amides is 1. The SMILES string of the molecule is CCC(Oc1ccccc1)C(=O)NCc1ccc(Cl)cc1Cl. The largest absolute Gasteiger partial charge is 0.481 e. The molecule has 0 saturated carbocycles. The second-order valence-electron chi connectivity index (χ2n) is 4.78. The van der Waals surface area contributed by atoms with Gasteiger partial charge in [0.05, 0.1) is 0 Å². The van der Waals surface area contributed by atoms with Crippen LogP contribution in [0.3, 0.4) is 0 Å². The number of carbonyl (C=O) groups is 1. The van der Waals surface area contributed by atoms with E-state index in [1.165, 1.54) is 0 Å². The Bertz CT molecular complexity index is 632. The van der Waals surface area contributed by atoms with Crippen molar-refractivity contribution in [3.63, 3.8) is 0 Å². The van der Waals surface area contributed by atoms with Crippen molar-refractivity contribution in [2.75, 3.05) is 0 Å². The normalized spacial score (nSPS) is 11.8. The van der Waals surface area contributed by atoms with Crippen molar-refractivity contribution >= 4 is 29.1 Å². The number of hydrogen-bond donors (Lipinski definition) is 1. The second-order valence-corrected chi connectivity index (χ2v) is 5.62. The first-order valence-electron chi connectivity index (χ1n) is 7.03. The number of halogens is 2. The van der Waals surface area contributed by atoms with Gasteiger partial charge in [0.1, 0.15) is 5.75 Å². The highest BCUT2D eigenvalue weighted by atomic mass is 35.5. The minimum atomic E-state index is -0.534. The predicted molar refractivity (Wildman–Crippen MR) is 89.5 cm³/mol. The molecular weight excluding hydrogens is 321 g/mol. The third-order valence-electron chi connectivity index (χ3n) is 3.15. The van der Waals surface area contributed by atoms with Crippen LogP contribution in [0.15, 0.2) is 48.5 Å². The summed E-state index contributed by atoms with van der Waals surface area (Å²) >= 11 is 11.9. The van der Waals surface area contributed by atoms with Crippen LogP contribution in [0, 0.1) is 0 Å². The lowest BCUT2D eigenvalue weighted by atomic mass is 10.2. The molecule has 3 nitrogen and oxygen atoms in total. The van der Waals surface area contributed by atoms with Crippen molar-refractivity contribution in [3.8, 4) is 5.75 Å². The van der Waals surface area contributed by atoms with Crippen molar-refractivity contribution in [1.82, 2.24) is 5.32 Å². The first-order valence-corrected chi connectivity index (χ1v) is 7.79. The molecule has 0 aliphatic carbocycles. The minimum absolute atomic E-state index is 0.169. The fraction of sp³-hybridized carbons (Fsp3) is 0.235. The maximum atomic E-state index is 12.2. The zero-order valence-corrected chi connectivity index (χ0v) is 13.7. The van der Waals surface area contributed by atoms with Crippen molar-refractivity contribution in [3.05, 3.63) is 64.1 Å². The summed E-state index contributed by atoms with van der Waals surface area (Å²) in [5.74, 6) is 0.506. The van der Waals surface area contributed by atoms with E-state index in [0.717, 1.165) is 5.56 Å². The Kier molecular flexibility index (Phi) is 6.10. The van der Waals surface area contributed by atoms with E-state index in [1.54, 1.807) is 18.2 Å². The Labute approximate surface area is 140 Å². The van der Waals surface area contributed by atoms with Gasteiger partial charge in [-0.1, -0.05) is 54.4 Å². The van der Waals surface area contributed by atoms with Crippen LogP contribution in [0.5, 0.6) is 5.75 Å². The Morgan fingerprint density at radius 1 is 1.18 bits per heavy atom. The molecule has 1 N–H and O–H groups in total. The van der Waals surface area contributed by atoms with Gasteiger partial charge in [0.25, 0.3) is 5.91 Å². The van der Waals surface area contributed by atoms with Crippen LogP contribution in [-0.4, -0.2) is 12.0 Å². The molecule has 22 heavy (non-hydrogen) atoms. The molecule has 0 saturated heterocycles. The molecule has 0 spiro atoms. The van der Waals surface area contributed by atoms with Crippen LogP contribution in [0.2, 0.25) is 10.0 Å². The van der Waals surface area contributed by atoms with E-state index in [1.807, 2.05) is 37.3 Å². The molecule has 0 radical (unpaired) electrons. The summed E-state index contributed by atoms with van der Waals surface area (Å²) < 4.78 is 5.70. The first kappa shape index (κ1) is 16.7. The molecule has 0 aliphatic rings. The number of rotatable bonds is 6. The average molecular weight is 338 g/mol. The lowest BCUT2D eigenvalue weighted by Crippen LogP contribution is -2.37. The molecule has 0 aliphatic heterocycles. The second kappa shape index (κ2) is 8.06. The smallest absolute Gasteiger partial charge is 0.261 e. The number of carbonyl (C=O) groups excluding carboxylic acids is 1. The molecule has 1 amide bonds. The molecule has 0 aromatic heterocycles. The van der Waals surface area contributed by atoms with Gasteiger partial charge in [0.15, 0.2) is 6.10 Å². The summed E-state index contributed by atoms with van der Waals surface area (Å²) in [5.41, 5.74) is 0.814. The van der Waals surface area contributed by atoms with Crippen LogP contribution in [0.25, 0.3) is 0 Å². The molecule has 1 atom stereocenters. The lowest BCUT2D eigenvalue weighted by Gasteiger charge is -2.17. The molecule has 0 heterocycles. The van der Waals surface area contributed by atoms with E-state index < -0.39 is 6.10 Å². The van der Waals surface area contributed by atoms with Crippen LogP contribution < -0.4 is 10.1 Å². The summed E-state index contributed by atoms with van der Waals surface area (Å²) in [6.45, 7) is 2.24. The predicted octanol–water partition coefficient (Wildman–Crippen LogP) is 4.47. The van der Waals surface area contributed by atoms with Crippen molar-refractivity contribution < 1.29 is 9.53 Å². The molecule has 116 valence electrons. The van der Waals surface area contributed by atoms with Gasteiger partial charge in [0.2, 0.25) is 0 Å². The Morgan fingerprint density at radius 3 is 2.55 bits per heavy atom. The van der Waals surface area contributed by atoms with Crippen LogP contribution in [0.4, 0.5) is 0 Å². The van der Waals surface area contributed by atoms with Crippen molar-refractivity contribution in [1.29, 1.82) is 0 Å². The topological polar surface area (TPSA) is 38.3 Å². The maximum absolute atomic E-state index is 12.2.